The predicted molar refractivity (Wildman–Crippen MR) is 78.9 cm³/mol. The van der Waals surface area contributed by atoms with Crippen molar-refractivity contribution >= 4 is 17.5 Å². The van der Waals surface area contributed by atoms with Crippen molar-refractivity contribution in [3.63, 3.8) is 0 Å². The molecular weight excluding hydrogens is 266 g/mol. The van der Waals surface area contributed by atoms with Crippen LogP contribution in [0.15, 0.2) is 42.7 Å². The molecule has 106 valence electrons. The van der Waals surface area contributed by atoms with Crippen molar-refractivity contribution in [2.45, 2.75) is 19.4 Å². The normalized spacial score (nSPS) is 14.2. The Balaban J connectivity index is 1.74. The number of hydrogen-bond acceptors (Lipinski definition) is 3. The van der Waals surface area contributed by atoms with E-state index in [1.54, 1.807) is 30.6 Å². The fourth-order valence-corrected chi connectivity index (χ4v) is 2.39. The number of pyridine rings is 1. The molecule has 0 radical (unpaired) electrons. The molecule has 5 heteroatoms. The first kappa shape index (κ1) is 13.3. The van der Waals surface area contributed by atoms with Crippen LogP contribution in [-0.2, 0) is 11.2 Å². The Kier molecular flexibility index (Phi) is 3.39. The molecule has 2 aromatic rings. The quantitative estimate of drug-likeness (QED) is 0.904. The molecule has 1 aromatic carbocycles. The van der Waals surface area contributed by atoms with Crippen LogP contribution in [0, 0.1) is 0 Å². The minimum Gasteiger partial charge on any atom is -0.346 e. The van der Waals surface area contributed by atoms with Crippen LogP contribution in [0.2, 0.25) is 0 Å². The lowest BCUT2D eigenvalue weighted by molar-refractivity contribution is -0.115. The number of fused-ring (bicyclic) bond motifs is 1. The molecule has 5 nitrogen and oxygen atoms in total. The number of anilines is 1. The zero-order chi connectivity index (χ0) is 14.8. The molecule has 1 unspecified atom stereocenters. The van der Waals surface area contributed by atoms with Gasteiger partial charge in [0.05, 0.1) is 12.5 Å². The molecule has 0 spiro atoms. The lowest BCUT2D eigenvalue weighted by Gasteiger charge is -2.14. The number of carbonyl (C=O) groups is 2. The van der Waals surface area contributed by atoms with Crippen molar-refractivity contribution in [2.24, 2.45) is 0 Å². The van der Waals surface area contributed by atoms with Crippen molar-refractivity contribution in [3.05, 3.63) is 59.4 Å². The van der Waals surface area contributed by atoms with Crippen LogP contribution in [0.5, 0.6) is 0 Å². The monoisotopic (exact) mass is 281 g/mol. The summed E-state index contributed by atoms with van der Waals surface area (Å²) in [6.07, 6.45) is 3.73. The average molecular weight is 281 g/mol. The van der Waals surface area contributed by atoms with E-state index < -0.39 is 0 Å². The number of carbonyl (C=O) groups excluding carboxylic acids is 2. The van der Waals surface area contributed by atoms with Gasteiger partial charge in [0.2, 0.25) is 5.91 Å². The minimum absolute atomic E-state index is 0.0345. The molecule has 0 saturated heterocycles. The lowest BCUT2D eigenvalue weighted by atomic mass is 10.1. The van der Waals surface area contributed by atoms with Crippen molar-refractivity contribution in [1.29, 1.82) is 0 Å². The summed E-state index contributed by atoms with van der Waals surface area (Å²) in [5, 5.41) is 5.70. The highest BCUT2D eigenvalue weighted by Crippen LogP contribution is 2.24. The third-order valence-electron chi connectivity index (χ3n) is 3.55. The van der Waals surface area contributed by atoms with E-state index in [-0.39, 0.29) is 17.9 Å². The molecule has 0 fully saturated rings. The van der Waals surface area contributed by atoms with Gasteiger partial charge in [0.1, 0.15) is 0 Å². The molecule has 2 amide bonds. The van der Waals surface area contributed by atoms with Crippen LogP contribution in [-0.4, -0.2) is 16.8 Å². The first-order valence-electron chi connectivity index (χ1n) is 6.77. The second kappa shape index (κ2) is 5.36. The van der Waals surface area contributed by atoms with E-state index in [2.05, 4.69) is 15.6 Å². The van der Waals surface area contributed by atoms with Crippen molar-refractivity contribution in [1.82, 2.24) is 10.3 Å². The fourth-order valence-electron chi connectivity index (χ4n) is 2.39. The summed E-state index contributed by atoms with van der Waals surface area (Å²) < 4.78 is 0. The van der Waals surface area contributed by atoms with Crippen molar-refractivity contribution in [3.8, 4) is 0 Å². The Labute approximate surface area is 122 Å². The molecule has 21 heavy (non-hydrogen) atoms. The molecule has 1 aliphatic rings. The van der Waals surface area contributed by atoms with Gasteiger partial charge in [-0.25, -0.2) is 0 Å². The van der Waals surface area contributed by atoms with E-state index in [0.29, 0.717) is 12.0 Å². The molecule has 1 aliphatic heterocycles. The number of amides is 2. The van der Waals surface area contributed by atoms with Gasteiger partial charge in [-0.15, -0.1) is 0 Å². The third kappa shape index (κ3) is 2.76. The first-order chi connectivity index (χ1) is 10.1. The molecule has 2 heterocycles. The van der Waals surface area contributed by atoms with Gasteiger partial charge in [0.15, 0.2) is 0 Å². The third-order valence-corrected chi connectivity index (χ3v) is 3.55. The summed E-state index contributed by atoms with van der Waals surface area (Å²) in [6.45, 7) is 1.92. The summed E-state index contributed by atoms with van der Waals surface area (Å²) in [4.78, 5) is 27.6. The molecule has 0 saturated carbocycles. The second-order valence-corrected chi connectivity index (χ2v) is 5.07. The van der Waals surface area contributed by atoms with E-state index in [1.165, 1.54) is 0 Å². The highest BCUT2D eigenvalue weighted by molar-refractivity contribution is 6.01. The second-order valence-electron chi connectivity index (χ2n) is 5.07. The van der Waals surface area contributed by atoms with Crippen LogP contribution in [0.25, 0.3) is 0 Å². The maximum Gasteiger partial charge on any atom is 0.251 e. The summed E-state index contributed by atoms with van der Waals surface area (Å²) in [5.41, 5.74) is 3.21. The van der Waals surface area contributed by atoms with Gasteiger partial charge < -0.3 is 10.6 Å². The van der Waals surface area contributed by atoms with E-state index in [1.807, 2.05) is 19.1 Å². The number of benzene rings is 1. The molecule has 3 rings (SSSR count). The SMILES string of the molecule is CC(NC(=O)c1ccc2c(c1)CC(=O)N2)c1ccncc1. The summed E-state index contributed by atoms with van der Waals surface area (Å²) >= 11 is 0. The van der Waals surface area contributed by atoms with E-state index in [0.717, 1.165) is 16.8 Å². The van der Waals surface area contributed by atoms with Gasteiger partial charge in [-0.1, -0.05) is 0 Å². The fraction of sp³-hybridized carbons (Fsp3) is 0.188. The standard InChI is InChI=1S/C16H15N3O2/c1-10(11-4-6-17-7-5-11)18-16(21)12-2-3-14-13(8-12)9-15(20)19-14/h2-8,10H,9H2,1H3,(H,18,21)(H,19,20). The van der Waals surface area contributed by atoms with Crippen LogP contribution >= 0.6 is 0 Å². The maximum atomic E-state index is 12.3. The van der Waals surface area contributed by atoms with Crippen molar-refractivity contribution in [2.75, 3.05) is 5.32 Å². The molecule has 2 N–H and O–H groups in total. The zero-order valence-corrected chi connectivity index (χ0v) is 11.6. The summed E-state index contributed by atoms with van der Waals surface area (Å²) in [7, 11) is 0. The number of hydrogen-bond donors (Lipinski definition) is 2. The number of rotatable bonds is 3. The molecule has 1 aromatic heterocycles. The highest BCUT2D eigenvalue weighted by Gasteiger charge is 2.19. The summed E-state index contributed by atoms with van der Waals surface area (Å²) in [6, 6.07) is 8.90. The Hall–Kier alpha value is -2.69. The van der Waals surface area contributed by atoms with E-state index in [9.17, 15) is 9.59 Å². The molecule has 1 atom stereocenters. The minimum atomic E-state index is -0.151. The van der Waals surface area contributed by atoms with Gasteiger partial charge in [-0.2, -0.15) is 0 Å². The molecule has 0 bridgehead atoms. The van der Waals surface area contributed by atoms with Gasteiger partial charge in [-0.05, 0) is 48.4 Å². The largest absolute Gasteiger partial charge is 0.346 e. The summed E-state index contributed by atoms with van der Waals surface area (Å²) in [5.74, 6) is -0.186. The Bertz CT molecular complexity index is 698. The number of nitrogens with one attached hydrogen (secondary N) is 2. The van der Waals surface area contributed by atoms with Gasteiger partial charge >= 0.3 is 0 Å². The Morgan fingerprint density at radius 2 is 2.05 bits per heavy atom. The van der Waals surface area contributed by atoms with Crippen LogP contribution in [0.4, 0.5) is 5.69 Å². The van der Waals surface area contributed by atoms with Gasteiger partial charge in [-0.3, -0.25) is 14.6 Å². The lowest BCUT2D eigenvalue weighted by Crippen LogP contribution is -2.26. The predicted octanol–water partition coefficient (Wildman–Crippen LogP) is 2.07. The smallest absolute Gasteiger partial charge is 0.251 e. The average Bonchev–Trinajstić information content (AvgIpc) is 2.87. The number of nitrogens with zero attached hydrogens (tertiary/aromatic N) is 1. The molecular formula is C16H15N3O2. The topological polar surface area (TPSA) is 71.1 Å². The zero-order valence-electron chi connectivity index (χ0n) is 11.6. The van der Waals surface area contributed by atoms with Gasteiger partial charge in [0, 0.05) is 23.6 Å². The van der Waals surface area contributed by atoms with Gasteiger partial charge in [0.25, 0.3) is 5.91 Å². The Morgan fingerprint density at radius 1 is 1.29 bits per heavy atom. The molecule has 0 aliphatic carbocycles. The highest BCUT2D eigenvalue weighted by atomic mass is 16.2. The first-order valence-corrected chi connectivity index (χ1v) is 6.77. The van der Waals surface area contributed by atoms with Crippen molar-refractivity contribution < 1.29 is 9.59 Å². The Morgan fingerprint density at radius 3 is 2.81 bits per heavy atom. The maximum absolute atomic E-state index is 12.3. The number of aromatic nitrogens is 1. The van der Waals surface area contributed by atoms with E-state index in [4.69, 9.17) is 0 Å². The van der Waals surface area contributed by atoms with Crippen LogP contribution in [0.3, 0.4) is 0 Å². The van der Waals surface area contributed by atoms with Crippen LogP contribution in [0.1, 0.15) is 34.5 Å². The van der Waals surface area contributed by atoms with Crippen LogP contribution < -0.4 is 10.6 Å². The van der Waals surface area contributed by atoms with E-state index >= 15 is 0 Å².